The maximum Gasteiger partial charge on any atom is 0.220 e. The summed E-state index contributed by atoms with van der Waals surface area (Å²) >= 11 is 0. The molecule has 2 aliphatic rings. The SMILES string of the molecule is CC1(C)Cc2c(ccn2CCCC(=O)NC2CC2)C(N)C1. The largest absolute Gasteiger partial charge is 0.353 e. The van der Waals surface area contributed by atoms with Crippen LogP contribution in [0.15, 0.2) is 12.3 Å². The van der Waals surface area contributed by atoms with Crippen molar-refractivity contribution in [2.24, 2.45) is 11.1 Å². The molecule has 0 aromatic carbocycles. The fraction of sp³-hybridized carbons (Fsp3) is 0.706. The van der Waals surface area contributed by atoms with Crippen molar-refractivity contribution in [1.82, 2.24) is 9.88 Å². The first-order chi connectivity index (χ1) is 9.94. The molecule has 1 aromatic heterocycles. The summed E-state index contributed by atoms with van der Waals surface area (Å²) < 4.78 is 2.31. The molecule has 3 N–H and O–H groups in total. The van der Waals surface area contributed by atoms with Crippen LogP contribution in [-0.2, 0) is 17.8 Å². The summed E-state index contributed by atoms with van der Waals surface area (Å²) in [7, 11) is 0. The predicted octanol–water partition coefficient (Wildman–Crippen LogP) is 2.52. The molecule has 1 unspecified atom stereocenters. The number of carbonyl (C=O) groups is 1. The van der Waals surface area contributed by atoms with E-state index in [0.29, 0.717) is 12.5 Å². The molecular weight excluding hydrogens is 262 g/mol. The molecule has 1 atom stereocenters. The van der Waals surface area contributed by atoms with Crippen molar-refractivity contribution in [3.8, 4) is 0 Å². The number of carbonyl (C=O) groups excluding carboxylic acids is 1. The zero-order valence-corrected chi connectivity index (χ0v) is 13.2. The lowest BCUT2D eigenvalue weighted by Crippen LogP contribution is -2.30. The molecule has 1 amide bonds. The van der Waals surface area contributed by atoms with Gasteiger partial charge in [0.2, 0.25) is 5.91 Å². The van der Waals surface area contributed by atoms with E-state index in [-0.39, 0.29) is 17.4 Å². The molecule has 2 aliphatic carbocycles. The minimum atomic E-state index is 0.156. The zero-order valence-electron chi connectivity index (χ0n) is 13.2. The van der Waals surface area contributed by atoms with Gasteiger partial charge in [0.15, 0.2) is 0 Å². The van der Waals surface area contributed by atoms with E-state index in [1.807, 2.05) is 0 Å². The number of hydrogen-bond donors (Lipinski definition) is 2. The Labute approximate surface area is 127 Å². The van der Waals surface area contributed by atoms with Gasteiger partial charge < -0.3 is 15.6 Å². The monoisotopic (exact) mass is 289 g/mol. The summed E-state index contributed by atoms with van der Waals surface area (Å²) in [4.78, 5) is 11.7. The van der Waals surface area contributed by atoms with Crippen LogP contribution in [0, 0.1) is 5.41 Å². The second-order valence-corrected chi connectivity index (χ2v) is 7.51. The van der Waals surface area contributed by atoms with Crippen LogP contribution in [0.2, 0.25) is 0 Å². The molecule has 4 heteroatoms. The highest BCUT2D eigenvalue weighted by atomic mass is 16.1. The lowest BCUT2D eigenvalue weighted by atomic mass is 9.74. The number of nitrogens with two attached hydrogens (primary N) is 1. The molecule has 4 nitrogen and oxygen atoms in total. The summed E-state index contributed by atoms with van der Waals surface area (Å²) in [5.74, 6) is 0.204. The Balaban J connectivity index is 1.58. The topological polar surface area (TPSA) is 60.0 Å². The number of fused-ring (bicyclic) bond motifs is 1. The van der Waals surface area contributed by atoms with Crippen LogP contribution in [0.5, 0.6) is 0 Å². The van der Waals surface area contributed by atoms with Crippen molar-refractivity contribution >= 4 is 5.91 Å². The molecule has 116 valence electrons. The summed E-state index contributed by atoms with van der Waals surface area (Å²) in [6.45, 7) is 5.49. The number of nitrogens with zero attached hydrogens (tertiary/aromatic N) is 1. The van der Waals surface area contributed by atoms with Gasteiger partial charge in [-0.05, 0) is 49.1 Å². The van der Waals surface area contributed by atoms with Gasteiger partial charge in [-0.1, -0.05) is 13.8 Å². The van der Waals surface area contributed by atoms with Gasteiger partial charge in [-0.2, -0.15) is 0 Å². The maximum atomic E-state index is 11.7. The second-order valence-electron chi connectivity index (χ2n) is 7.51. The summed E-state index contributed by atoms with van der Waals surface area (Å²) in [6.07, 6.45) is 8.11. The number of aromatic nitrogens is 1. The van der Waals surface area contributed by atoms with Gasteiger partial charge in [0.1, 0.15) is 0 Å². The molecule has 0 spiro atoms. The first-order valence-corrected chi connectivity index (χ1v) is 8.17. The van der Waals surface area contributed by atoms with E-state index in [9.17, 15) is 4.79 Å². The van der Waals surface area contributed by atoms with Gasteiger partial charge in [-0.25, -0.2) is 0 Å². The molecule has 1 fully saturated rings. The lowest BCUT2D eigenvalue weighted by molar-refractivity contribution is -0.121. The van der Waals surface area contributed by atoms with Crippen LogP contribution >= 0.6 is 0 Å². The average molecular weight is 289 g/mol. The van der Waals surface area contributed by atoms with Crippen LogP contribution in [0.3, 0.4) is 0 Å². The van der Waals surface area contributed by atoms with E-state index in [2.05, 4.69) is 36.0 Å². The maximum absolute atomic E-state index is 11.7. The first-order valence-electron chi connectivity index (χ1n) is 8.17. The molecule has 1 saturated carbocycles. The highest BCUT2D eigenvalue weighted by molar-refractivity contribution is 5.76. The predicted molar refractivity (Wildman–Crippen MR) is 83.9 cm³/mol. The van der Waals surface area contributed by atoms with Gasteiger partial charge in [0.25, 0.3) is 0 Å². The van der Waals surface area contributed by atoms with Gasteiger partial charge >= 0.3 is 0 Å². The summed E-state index contributed by atoms with van der Waals surface area (Å²) in [5, 5.41) is 3.05. The molecule has 1 aromatic rings. The average Bonchev–Trinajstić information content (AvgIpc) is 3.09. The van der Waals surface area contributed by atoms with Crippen molar-refractivity contribution in [2.45, 2.75) is 71.0 Å². The lowest BCUT2D eigenvalue weighted by Gasteiger charge is -2.34. The van der Waals surface area contributed by atoms with Crippen molar-refractivity contribution in [3.05, 3.63) is 23.5 Å². The number of rotatable bonds is 5. The Morgan fingerprint density at radius 1 is 1.48 bits per heavy atom. The van der Waals surface area contributed by atoms with Crippen LogP contribution in [-0.4, -0.2) is 16.5 Å². The van der Waals surface area contributed by atoms with E-state index in [4.69, 9.17) is 5.73 Å². The van der Waals surface area contributed by atoms with Crippen LogP contribution < -0.4 is 11.1 Å². The number of amides is 1. The Bertz CT molecular complexity index is 528. The molecule has 0 saturated heterocycles. The molecular formula is C17H27N3O. The Hall–Kier alpha value is -1.29. The molecule has 21 heavy (non-hydrogen) atoms. The van der Waals surface area contributed by atoms with E-state index < -0.39 is 0 Å². The smallest absolute Gasteiger partial charge is 0.220 e. The molecule has 0 bridgehead atoms. The third-order valence-electron chi connectivity index (χ3n) is 4.68. The molecule has 3 rings (SSSR count). The Morgan fingerprint density at radius 3 is 2.95 bits per heavy atom. The van der Waals surface area contributed by atoms with Crippen molar-refractivity contribution in [3.63, 3.8) is 0 Å². The minimum absolute atomic E-state index is 0.156. The zero-order chi connectivity index (χ0) is 15.0. The third-order valence-corrected chi connectivity index (χ3v) is 4.68. The molecule has 0 aliphatic heterocycles. The van der Waals surface area contributed by atoms with E-state index in [1.54, 1.807) is 0 Å². The van der Waals surface area contributed by atoms with Gasteiger partial charge in [-0.15, -0.1) is 0 Å². The van der Waals surface area contributed by atoms with Crippen LogP contribution in [0.4, 0.5) is 0 Å². The fourth-order valence-electron chi connectivity index (χ4n) is 3.44. The van der Waals surface area contributed by atoms with Gasteiger partial charge in [0.05, 0.1) is 0 Å². The third kappa shape index (κ3) is 3.49. The fourth-order valence-corrected chi connectivity index (χ4v) is 3.44. The summed E-state index contributed by atoms with van der Waals surface area (Å²) in [6, 6.07) is 2.79. The first kappa shape index (κ1) is 14.6. The molecule has 1 heterocycles. The molecule has 0 radical (unpaired) electrons. The standard InChI is InChI=1S/C17H27N3O/c1-17(2)10-14(18)13-7-9-20(15(13)11-17)8-3-4-16(21)19-12-5-6-12/h7,9,12,14H,3-6,8,10-11,18H2,1-2H3,(H,19,21). The van der Waals surface area contributed by atoms with Crippen molar-refractivity contribution < 1.29 is 4.79 Å². The van der Waals surface area contributed by atoms with Crippen molar-refractivity contribution in [1.29, 1.82) is 0 Å². The number of nitrogens with one attached hydrogen (secondary N) is 1. The van der Waals surface area contributed by atoms with E-state index in [0.717, 1.165) is 38.6 Å². The summed E-state index contributed by atoms with van der Waals surface area (Å²) in [5.41, 5.74) is 9.25. The highest BCUT2D eigenvalue weighted by Gasteiger charge is 2.32. The Kier molecular flexibility index (Phi) is 3.82. The number of aryl methyl sites for hydroxylation is 1. The highest BCUT2D eigenvalue weighted by Crippen LogP contribution is 2.40. The second kappa shape index (κ2) is 5.48. The normalized spacial score (nSPS) is 23.7. The minimum Gasteiger partial charge on any atom is -0.353 e. The van der Waals surface area contributed by atoms with Gasteiger partial charge in [-0.3, -0.25) is 4.79 Å². The van der Waals surface area contributed by atoms with Crippen LogP contribution in [0.1, 0.15) is 63.3 Å². The Morgan fingerprint density at radius 2 is 2.24 bits per heavy atom. The van der Waals surface area contributed by atoms with Crippen LogP contribution in [0.25, 0.3) is 0 Å². The van der Waals surface area contributed by atoms with Gasteiger partial charge in [0, 0.05) is 36.9 Å². The number of hydrogen-bond acceptors (Lipinski definition) is 2. The van der Waals surface area contributed by atoms with Crippen molar-refractivity contribution in [2.75, 3.05) is 0 Å². The van der Waals surface area contributed by atoms with E-state index in [1.165, 1.54) is 11.3 Å². The van der Waals surface area contributed by atoms with E-state index >= 15 is 0 Å². The quantitative estimate of drug-likeness (QED) is 0.875.